The van der Waals surface area contributed by atoms with Gasteiger partial charge in [0.05, 0.1) is 6.54 Å². The number of nitrogens with one attached hydrogen (secondary N) is 1. The predicted molar refractivity (Wildman–Crippen MR) is 69.2 cm³/mol. The number of para-hydroxylation sites is 1. The number of rotatable bonds is 3. The van der Waals surface area contributed by atoms with Crippen molar-refractivity contribution in [2.24, 2.45) is 5.84 Å². The van der Waals surface area contributed by atoms with Crippen molar-refractivity contribution in [2.45, 2.75) is 6.54 Å². The van der Waals surface area contributed by atoms with Crippen LogP contribution in [-0.4, -0.2) is 15.6 Å². The summed E-state index contributed by atoms with van der Waals surface area (Å²) in [5.41, 5.74) is 3.29. The number of hydrogen-bond acceptors (Lipinski definition) is 4. The molecule has 19 heavy (non-hydrogen) atoms. The van der Waals surface area contributed by atoms with Crippen LogP contribution in [0.15, 0.2) is 47.1 Å². The van der Waals surface area contributed by atoms with Crippen LogP contribution >= 0.6 is 0 Å². The average molecular weight is 256 g/mol. The fourth-order valence-electron chi connectivity index (χ4n) is 2.01. The molecule has 3 rings (SSSR count). The molecule has 0 spiro atoms. The number of hydrogen-bond donors (Lipinski definition) is 2. The molecule has 0 aliphatic carbocycles. The van der Waals surface area contributed by atoms with Crippen molar-refractivity contribution in [3.63, 3.8) is 0 Å². The monoisotopic (exact) mass is 256 g/mol. The molecule has 3 N–H and O–H groups in total. The van der Waals surface area contributed by atoms with Gasteiger partial charge in [-0.2, -0.15) is 0 Å². The van der Waals surface area contributed by atoms with E-state index in [0.717, 1.165) is 10.9 Å². The third-order valence-electron chi connectivity index (χ3n) is 2.93. The summed E-state index contributed by atoms with van der Waals surface area (Å²) in [7, 11) is 0. The molecular weight excluding hydrogens is 244 g/mol. The van der Waals surface area contributed by atoms with Crippen molar-refractivity contribution in [3.8, 4) is 0 Å². The zero-order chi connectivity index (χ0) is 13.2. The highest BCUT2D eigenvalue weighted by atomic mass is 16.5. The molecule has 0 aliphatic rings. The van der Waals surface area contributed by atoms with E-state index in [2.05, 4.69) is 5.16 Å². The van der Waals surface area contributed by atoms with E-state index in [1.807, 2.05) is 46.5 Å². The molecule has 6 nitrogen and oxygen atoms in total. The number of benzene rings is 1. The van der Waals surface area contributed by atoms with E-state index in [1.54, 1.807) is 6.07 Å². The summed E-state index contributed by atoms with van der Waals surface area (Å²) < 4.78 is 7.15. The maximum atomic E-state index is 11.3. The molecular formula is C13H12N4O2. The zero-order valence-electron chi connectivity index (χ0n) is 10.0. The SMILES string of the molecule is NNC(=O)c1cc(Cn2ccc3ccccc32)on1. The number of carbonyl (C=O) groups is 1. The lowest BCUT2D eigenvalue weighted by Crippen LogP contribution is -2.30. The van der Waals surface area contributed by atoms with Gasteiger partial charge < -0.3 is 9.09 Å². The second-order valence-electron chi connectivity index (χ2n) is 4.15. The summed E-state index contributed by atoms with van der Waals surface area (Å²) in [4.78, 5) is 11.3. The molecule has 0 unspecified atom stereocenters. The van der Waals surface area contributed by atoms with Crippen LogP contribution in [0.1, 0.15) is 16.2 Å². The fraction of sp³-hybridized carbons (Fsp3) is 0.0769. The lowest BCUT2D eigenvalue weighted by Gasteiger charge is -2.01. The Hall–Kier alpha value is -2.60. The van der Waals surface area contributed by atoms with Crippen LogP contribution in [0.5, 0.6) is 0 Å². The summed E-state index contributed by atoms with van der Waals surface area (Å²) in [6.45, 7) is 0.512. The minimum absolute atomic E-state index is 0.175. The van der Waals surface area contributed by atoms with Crippen LogP contribution < -0.4 is 11.3 Å². The normalized spacial score (nSPS) is 10.8. The second kappa shape index (κ2) is 4.58. The van der Waals surface area contributed by atoms with Gasteiger partial charge in [0.15, 0.2) is 11.5 Å². The second-order valence-corrected chi connectivity index (χ2v) is 4.15. The lowest BCUT2D eigenvalue weighted by atomic mass is 10.2. The van der Waals surface area contributed by atoms with Gasteiger partial charge in [-0.05, 0) is 17.5 Å². The first kappa shape index (κ1) is 11.5. The summed E-state index contributed by atoms with van der Waals surface area (Å²) in [5.74, 6) is 5.17. The molecule has 0 aliphatic heterocycles. The van der Waals surface area contributed by atoms with Crippen molar-refractivity contribution < 1.29 is 9.32 Å². The Morgan fingerprint density at radius 3 is 3.05 bits per heavy atom. The van der Waals surface area contributed by atoms with E-state index in [4.69, 9.17) is 10.4 Å². The predicted octanol–water partition coefficient (Wildman–Crippen LogP) is 1.28. The van der Waals surface area contributed by atoms with Gasteiger partial charge in [0.2, 0.25) is 0 Å². The quantitative estimate of drug-likeness (QED) is 0.420. The number of nitrogens with zero attached hydrogens (tertiary/aromatic N) is 2. The molecule has 0 bridgehead atoms. The Balaban J connectivity index is 1.89. The minimum atomic E-state index is -0.465. The molecule has 0 radical (unpaired) electrons. The smallest absolute Gasteiger partial charge is 0.287 e. The maximum Gasteiger partial charge on any atom is 0.287 e. The van der Waals surface area contributed by atoms with E-state index in [-0.39, 0.29) is 5.69 Å². The number of nitrogens with two attached hydrogens (primary N) is 1. The number of carbonyl (C=O) groups excluding carboxylic acids is 1. The van der Waals surface area contributed by atoms with Gasteiger partial charge in [0.1, 0.15) is 0 Å². The number of fused-ring (bicyclic) bond motifs is 1. The standard InChI is InChI=1S/C13H12N4O2/c14-15-13(18)11-7-10(19-16-11)8-17-6-5-9-3-1-2-4-12(9)17/h1-7H,8,14H2,(H,15,18). The molecule has 6 heteroatoms. The molecule has 2 aromatic heterocycles. The van der Waals surface area contributed by atoms with Gasteiger partial charge in [-0.25, -0.2) is 5.84 Å². The summed E-state index contributed by atoms with van der Waals surface area (Å²) in [6, 6.07) is 11.6. The van der Waals surface area contributed by atoms with E-state index >= 15 is 0 Å². The summed E-state index contributed by atoms with van der Waals surface area (Å²) >= 11 is 0. The minimum Gasteiger partial charge on any atom is -0.359 e. The van der Waals surface area contributed by atoms with Crippen LogP contribution in [0.3, 0.4) is 0 Å². The molecule has 2 heterocycles. The highest BCUT2D eigenvalue weighted by Crippen LogP contribution is 2.17. The van der Waals surface area contributed by atoms with E-state index < -0.39 is 5.91 Å². The Morgan fingerprint density at radius 1 is 1.37 bits per heavy atom. The number of aromatic nitrogens is 2. The molecule has 0 saturated heterocycles. The highest BCUT2D eigenvalue weighted by Gasteiger charge is 2.11. The number of amides is 1. The van der Waals surface area contributed by atoms with Crippen LogP contribution in [0.25, 0.3) is 10.9 Å². The molecule has 96 valence electrons. The number of hydrazine groups is 1. The van der Waals surface area contributed by atoms with Crippen LogP contribution in [-0.2, 0) is 6.54 Å². The lowest BCUT2D eigenvalue weighted by molar-refractivity contribution is 0.0944. The topological polar surface area (TPSA) is 86.1 Å². The molecule has 1 amide bonds. The average Bonchev–Trinajstić information content (AvgIpc) is 3.06. The Kier molecular flexibility index (Phi) is 2.77. The van der Waals surface area contributed by atoms with Crippen molar-refractivity contribution >= 4 is 16.8 Å². The third kappa shape index (κ3) is 2.09. The van der Waals surface area contributed by atoms with Gasteiger partial charge in [-0.3, -0.25) is 10.2 Å². The van der Waals surface area contributed by atoms with Crippen molar-refractivity contribution in [1.29, 1.82) is 0 Å². The van der Waals surface area contributed by atoms with Crippen LogP contribution in [0.2, 0.25) is 0 Å². The van der Waals surface area contributed by atoms with Gasteiger partial charge in [0, 0.05) is 17.8 Å². The zero-order valence-corrected chi connectivity index (χ0v) is 10.0. The Morgan fingerprint density at radius 2 is 2.21 bits per heavy atom. The Labute approximate surface area is 108 Å². The van der Waals surface area contributed by atoms with Gasteiger partial charge in [0.25, 0.3) is 5.91 Å². The van der Waals surface area contributed by atoms with Crippen LogP contribution in [0.4, 0.5) is 0 Å². The van der Waals surface area contributed by atoms with E-state index in [9.17, 15) is 4.79 Å². The van der Waals surface area contributed by atoms with Crippen molar-refractivity contribution in [2.75, 3.05) is 0 Å². The maximum absolute atomic E-state index is 11.3. The number of nitrogen functional groups attached to an aromatic ring is 1. The van der Waals surface area contributed by atoms with Crippen molar-refractivity contribution in [1.82, 2.24) is 15.1 Å². The molecule has 0 atom stereocenters. The van der Waals surface area contributed by atoms with Gasteiger partial charge >= 0.3 is 0 Å². The van der Waals surface area contributed by atoms with Gasteiger partial charge in [-0.15, -0.1) is 0 Å². The first-order valence-electron chi connectivity index (χ1n) is 5.78. The highest BCUT2D eigenvalue weighted by molar-refractivity contribution is 5.91. The first-order valence-corrected chi connectivity index (χ1v) is 5.78. The Bertz CT molecular complexity index is 729. The molecule has 0 saturated carbocycles. The molecule has 1 aromatic carbocycles. The van der Waals surface area contributed by atoms with Gasteiger partial charge in [-0.1, -0.05) is 23.4 Å². The summed E-state index contributed by atoms with van der Waals surface area (Å²) in [6.07, 6.45) is 1.97. The molecule has 0 fully saturated rings. The molecule has 3 aromatic rings. The largest absolute Gasteiger partial charge is 0.359 e. The fourth-order valence-corrected chi connectivity index (χ4v) is 2.01. The first-order chi connectivity index (χ1) is 9.28. The van der Waals surface area contributed by atoms with E-state index in [1.165, 1.54) is 0 Å². The van der Waals surface area contributed by atoms with Crippen LogP contribution in [0, 0.1) is 0 Å². The van der Waals surface area contributed by atoms with Crippen molar-refractivity contribution in [3.05, 3.63) is 54.0 Å². The summed E-state index contributed by atoms with van der Waals surface area (Å²) in [5, 5.41) is 4.82. The van der Waals surface area contributed by atoms with E-state index in [0.29, 0.717) is 12.3 Å². The third-order valence-corrected chi connectivity index (χ3v) is 2.93.